The van der Waals surface area contributed by atoms with Crippen molar-refractivity contribution in [1.82, 2.24) is 9.78 Å². The van der Waals surface area contributed by atoms with E-state index in [1.165, 1.54) is 18.3 Å². The van der Waals surface area contributed by atoms with Crippen LogP contribution in [0.1, 0.15) is 34.6 Å². The van der Waals surface area contributed by atoms with Gasteiger partial charge in [0.05, 0.1) is 34.1 Å². The van der Waals surface area contributed by atoms with Crippen molar-refractivity contribution in [2.24, 2.45) is 7.05 Å². The molecule has 0 atom stereocenters. The van der Waals surface area contributed by atoms with E-state index >= 15 is 0 Å². The van der Waals surface area contributed by atoms with Gasteiger partial charge in [-0.3, -0.25) is 9.48 Å². The number of aromatic nitrogens is 2. The summed E-state index contributed by atoms with van der Waals surface area (Å²) in [7, 11) is 1.74. The molecule has 1 amide bonds. The van der Waals surface area contributed by atoms with Gasteiger partial charge in [0.15, 0.2) is 0 Å². The number of benzene rings is 2. The van der Waals surface area contributed by atoms with Gasteiger partial charge in [-0.2, -0.15) is 5.10 Å². The summed E-state index contributed by atoms with van der Waals surface area (Å²) in [5, 5.41) is 16.2. The van der Waals surface area contributed by atoms with E-state index in [0.29, 0.717) is 22.7 Å². The summed E-state index contributed by atoms with van der Waals surface area (Å²) in [5.41, 5.74) is 1.88. The average Bonchev–Trinajstić information content (AvgIpc) is 3.04. The fourth-order valence-corrected chi connectivity index (χ4v) is 3.11. The average molecular weight is 414 g/mol. The maximum absolute atomic E-state index is 12.9. The molecule has 0 aliphatic heterocycles. The molecule has 1 aromatic heterocycles. The van der Waals surface area contributed by atoms with Crippen molar-refractivity contribution in [1.29, 1.82) is 0 Å². The molecule has 3 aromatic rings. The number of ether oxygens (including phenoxy) is 1. The van der Waals surface area contributed by atoms with Crippen LogP contribution in [0.25, 0.3) is 11.3 Å². The fraction of sp³-hybridized carbons (Fsp3) is 0.190. The number of halogens is 1. The maximum Gasteiger partial charge on any atom is 0.337 e. The third-order valence-corrected chi connectivity index (χ3v) is 4.47. The highest BCUT2D eigenvalue weighted by molar-refractivity contribution is 6.33. The number of carbonyl (C=O) groups excluding carboxylic acids is 1. The van der Waals surface area contributed by atoms with E-state index in [4.69, 9.17) is 16.3 Å². The van der Waals surface area contributed by atoms with Crippen molar-refractivity contribution in [3.8, 4) is 17.0 Å². The van der Waals surface area contributed by atoms with Crippen LogP contribution in [0.15, 0.2) is 48.7 Å². The molecule has 0 aliphatic carbocycles. The maximum atomic E-state index is 12.9. The zero-order valence-electron chi connectivity index (χ0n) is 16.1. The summed E-state index contributed by atoms with van der Waals surface area (Å²) in [4.78, 5) is 24.2. The highest BCUT2D eigenvalue weighted by Gasteiger charge is 2.21. The summed E-state index contributed by atoms with van der Waals surface area (Å²) >= 11 is 5.89. The number of aromatic carboxylic acids is 1. The number of nitrogens with one attached hydrogen (secondary N) is 1. The molecule has 0 saturated carbocycles. The summed E-state index contributed by atoms with van der Waals surface area (Å²) in [5.74, 6) is -0.959. The van der Waals surface area contributed by atoms with Crippen LogP contribution in [0.5, 0.6) is 5.75 Å². The second kappa shape index (κ2) is 8.36. The van der Waals surface area contributed by atoms with Crippen LogP contribution in [-0.2, 0) is 7.05 Å². The van der Waals surface area contributed by atoms with Gasteiger partial charge in [0.25, 0.3) is 5.91 Å². The Morgan fingerprint density at radius 1 is 1.17 bits per heavy atom. The van der Waals surface area contributed by atoms with Gasteiger partial charge in [-0.25, -0.2) is 4.79 Å². The number of hydrogen-bond acceptors (Lipinski definition) is 4. The Hall–Kier alpha value is -3.32. The van der Waals surface area contributed by atoms with E-state index in [0.717, 1.165) is 5.56 Å². The van der Waals surface area contributed by atoms with Gasteiger partial charge in [-0.15, -0.1) is 0 Å². The lowest BCUT2D eigenvalue weighted by molar-refractivity contribution is 0.0696. The van der Waals surface area contributed by atoms with Crippen molar-refractivity contribution in [3.05, 3.63) is 64.8 Å². The lowest BCUT2D eigenvalue weighted by Crippen LogP contribution is -2.14. The van der Waals surface area contributed by atoms with Crippen LogP contribution in [0.3, 0.4) is 0 Å². The Balaban J connectivity index is 1.98. The van der Waals surface area contributed by atoms with Crippen LogP contribution < -0.4 is 10.1 Å². The number of amides is 1. The normalized spacial score (nSPS) is 10.8. The summed E-state index contributed by atoms with van der Waals surface area (Å²) in [6, 6.07) is 11.7. The van der Waals surface area contributed by atoms with Gasteiger partial charge in [0, 0.05) is 18.3 Å². The Morgan fingerprint density at radius 3 is 2.59 bits per heavy atom. The lowest BCUT2D eigenvalue weighted by Gasteiger charge is -2.15. The first kappa shape index (κ1) is 20.4. The molecule has 0 bridgehead atoms. The van der Waals surface area contributed by atoms with E-state index in [1.54, 1.807) is 17.8 Å². The lowest BCUT2D eigenvalue weighted by atomic mass is 10.1. The van der Waals surface area contributed by atoms with Gasteiger partial charge in [0.1, 0.15) is 5.75 Å². The molecule has 1 heterocycles. The van der Waals surface area contributed by atoms with Crippen LogP contribution >= 0.6 is 11.6 Å². The molecule has 0 fully saturated rings. The summed E-state index contributed by atoms with van der Waals surface area (Å²) < 4.78 is 7.48. The molecule has 0 radical (unpaired) electrons. The van der Waals surface area contributed by atoms with Gasteiger partial charge < -0.3 is 15.2 Å². The molecule has 2 N–H and O–H groups in total. The van der Waals surface area contributed by atoms with Crippen molar-refractivity contribution in [2.45, 2.75) is 20.0 Å². The topological polar surface area (TPSA) is 93.4 Å². The molecule has 7 nitrogen and oxygen atoms in total. The molecular formula is C21H20ClN3O4. The van der Waals surface area contributed by atoms with E-state index in [2.05, 4.69) is 10.4 Å². The molecule has 29 heavy (non-hydrogen) atoms. The monoisotopic (exact) mass is 413 g/mol. The number of hydrogen-bond donors (Lipinski definition) is 2. The van der Waals surface area contributed by atoms with Crippen LogP contribution in [0.2, 0.25) is 5.02 Å². The molecular weight excluding hydrogens is 394 g/mol. The first-order chi connectivity index (χ1) is 13.8. The van der Waals surface area contributed by atoms with Crippen molar-refractivity contribution in [3.63, 3.8) is 0 Å². The number of carboxylic acids is 1. The van der Waals surface area contributed by atoms with Crippen LogP contribution in [0, 0.1) is 0 Å². The van der Waals surface area contributed by atoms with Crippen molar-refractivity contribution >= 4 is 29.2 Å². The number of anilines is 1. The molecule has 150 valence electrons. The SMILES string of the molecule is CC(C)Oc1ccccc1-c1c(C(=O)Nc2ccc(Cl)c(C(=O)O)c2)cnn1C. The summed E-state index contributed by atoms with van der Waals surface area (Å²) in [6.07, 6.45) is 1.43. The summed E-state index contributed by atoms with van der Waals surface area (Å²) in [6.45, 7) is 3.85. The quantitative estimate of drug-likeness (QED) is 0.621. The first-order valence-electron chi connectivity index (χ1n) is 8.90. The van der Waals surface area contributed by atoms with Crippen LogP contribution in [-0.4, -0.2) is 32.9 Å². The molecule has 0 spiro atoms. The Bertz CT molecular complexity index is 1080. The Kier molecular flexibility index (Phi) is 5.89. The molecule has 0 unspecified atom stereocenters. The largest absolute Gasteiger partial charge is 0.490 e. The second-order valence-electron chi connectivity index (χ2n) is 6.65. The van der Waals surface area contributed by atoms with Gasteiger partial charge in [0.2, 0.25) is 0 Å². The third-order valence-electron chi connectivity index (χ3n) is 4.14. The number of para-hydroxylation sites is 1. The molecule has 0 aliphatic rings. The van der Waals surface area contributed by atoms with Crippen LogP contribution in [0.4, 0.5) is 5.69 Å². The van der Waals surface area contributed by atoms with E-state index in [-0.39, 0.29) is 16.7 Å². The van der Waals surface area contributed by atoms with Crippen molar-refractivity contribution in [2.75, 3.05) is 5.32 Å². The third kappa shape index (κ3) is 4.41. The predicted octanol–water partition coefficient (Wildman–Crippen LogP) is 4.48. The number of rotatable bonds is 6. The van der Waals surface area contributed by atoms with E-state index < -0.39 is 11.9 Å². The number of aryl methyl sites for hydroxylation is 1. The van der Waals surface area contributed by atoms with Gasteiger partial charge in [-0.05, 0) is 44.2 Å². The highest BCUT2D eigenvalue weighted by Crippen LogP contribution is 2.33. The first-order valence-corrected chi connectivity index (χ1v) is 9.28. The fourth-order valence-electron chi connectivity index (χ4n) is 2.91. The Labute approximate surface area is 172 Å². The molecule has 2 aromatic carbocycles. The second-order valence-corrected chi connectivity index (χ2v) is 7.05. The standard InChI is InChI=1S/C21H20ClN3O4/c1-12(2)29-18-7-5-4-6-14(18)19-16(11-23-25(19)3)20(26)24-13-8-9-17(22)15(10-13)21(27)28/h4-12H,1-3H3,(H,24,26)(H,27,28). The minimum absolute atomic E-state index is 0.0369. The number of nitrogens with zero attached hydrogens (tertiary/aromatic N) is 2. The molecule has 3 rings (SSSR count). The molecule has 0 saturated heterocycles. The van der Waals surface area contributed by atoms with Gasteiger partial charge >= 0.3 is 5.97 Å². The zero-order valence-corrected chi connectivity index (χ0v) is 16.9. The Morgan fingerprint density at radius 2 is 1.90 bits per heavy atom. The highest BCUT2D eigenvalue weighted by atomic mass is 35.5. The zero-order chi connectivity index (χ0) is 21.1. The number of carboxylic acid groups (broad SMARTS) is 1. The smallest absolute Gasteiger partial charge is 0.337 e. The predicted molar refractivity (Wildman–Crippen MR) is 111 cm³/mol. The minimum Gasteiger partial charge on any atom is -0.490 e. The van der Waals surface area contributed by atoms with Crippen molar-refractivity contribution < 1.29 is 19.4 Å². The van der Waals surface area contributed by atoms with E-state index in [1.807, 2.05) is 38.1 Å². The molecule has 8 heteroatoms. The number of carbonyl (C=O) groups is 2. The minimum atomic E-state index is -1.17. The van der Waals surface area contributed by atoms with Gasteiger partial charge in [-0.1, -0.05) is 23.7 Å². The van der Waals surface area contributed by atoms with E-state index in [9.17, 15) is 14.7 Å².